The van der Waals surface area contributed by atoms with E-state index in [-0.39, 0.29) is 5.70 Å². The zero-order valence-electron chi connectivity index (χ0n) is 21.8. The van der Waals surface area contributed by atoms with Gasteiger partial charge in [0.05, 0.1) is 12.8 Å². The molecular weight excluding hydrogens is 504 g/mol. The molecule has 8 heteroatoms. The summed E-state index contributed by atoms with van der Waals surface area (Å²) in [6.45, 7) is 0.216. The minimum absolute atomic E-state index is 0.115. The molecule has 0 aliphatic carbocycles. The molecule has 5 aromatic rings. The Morgan fingerprint density at radius 3 is 2.52 bits per heavy atom. The third-order valence-corrected chi connectivity index (χ3v) is 6.93. The summed E-state index contributed by atoms with van der Waals surface area (Å²) in [5.41, 5.74) is 3.52. The molecule has 1 aliphatic rings. The van der Waals surface area contributed by atoms with Gasteiger partial charge in [0.1, 0.15) is 18.0 Å². The molecule has 2 heterocycles. The fourth-order valence-corrected chi connectivity index (χ4v) is 5.01. The van der Waals surface area contributed by atoms with Crippen molar-refractivity contribution < 1.29 is 19.1 Å². The normalized spacial score (nSPS) is 14.2. The van der Waals surface area contributed by atoms with Crippen LogP contribution in [0.3, 0.4) is 0 Å². The van der Waals surface area contributed by atoms with Crippen LogP contribution in [0.25, 0.3) is 27.8 Å². The van der Waals surface area contributed by atoms with Crippen molar-refractivity contribution in [3.05, 3.63) is 114 Å². The topological polar surface area (TPSA) is 92.7 Å². The molecule has 0 radical (unpaired) electrons. The first-order valence-electron chi connectivity index (χ1n) is 12.8. The van der Waals surface area contributed by atoms with Gasteiger partial charge in [-0.25, -0.2) is 9.69 Å². The Hall–Kier alpha value is -5.37. The maximum Gasteiger partial charge on any atom is 0.329 e. The van der Waals surface area contributed by atoms with Crippen LogP contribution in [0.1, 0.15) is 11.1 Å². The first-order chi connectivity index (χ1) is 19.5. The van der Waals surface area contributed by atoms with Crippen LogP contribution < -0.4 is 15.4 Å². The Balaban J connectivity index is 1.24. The minimum atomic E-state index is -0.647. The van der Waals surface area contributed by atoms with Crippen LogP contribution in [-0.4, -0.2) is 41.0 Å². The molecule has 1 fully saturated rings. The highest BCUT2D eigenvalue weighted by molar-refractivity contribution is 6.16. The molecule has 1 aliphatic heterocycles. The van der Waals surface area contributed by atoms with Crippen molar-refractivity contribution in [3.8, 4) is 5.75 Å². The van der Waals surface area contributed by atoms with E-state index in [1.807, 2.05) is 42.6 Å². The number of anilines is 1. The molecule has 6 rings (SSSR count). The number of ether oxygens (including phenoxy) is 1. The Kier molecular flexibility index (Phi) is 6.49. The molecule has 40 heavy (non-hydrogen) atoms. The van der Waals surface area contributed by atoms with Crippen LogP contribution in [0.2, 0.25) is 0 Å². The van der Waals surface area contributed by atoms with E-state index >= 15 is 0 Å². The lowest BCUT2D eigenvalue weighted by Crippen LogP contribution is -2.38. The van der Waals surface area contributed by atoms with Crippen molar-refractivity contribution in [2.24, 2.45) is 0 Å². The lowest BCUT2D eigenvalue weighted by molar-refractivity contribution is -0.127. The van der Waals surface area contributed by atoms with Gasteiger partial charge in [0, 0.05) is 29.2 Å². The highest BCUT2D eigenvalue weighted by atomic mass is 16.5. The summed E-state index contributed by atoms with van der Waals surface area (Å²) in [5.74, 6) is -0.596. The number of hydrogen-bond donors (Lipinski definition) is 2. The summed E-state index contributed by atoms with van der Waals surface area (Å²) in [4.78, 5) is 39.4. The number of hydrogen-bond acceptors (Lipinski definition) is 4. The van der Waals surface area contributed by atoms with E-state index in [9.17, 15) is 14.4 Å². The second-order valence-electron chi connectivity index (χ2n) is 9.54. The molecule has 4 amide bonds. The number of rotatable bonds is 7. The monoisotopic (exact) mass is 530 g/mol. The van der Waals surface area contributed by atoms with Crippen molar-refractivity contribution in [3.63, 3.8) is 0 Å². The molecule has 1 aromatic heterocycles. The standard InChI is InChI=1S/C32H26N4O4/c1-40-29-13-7-5-11-26(29)33-30(37)20-36-31(38)27(34-32(36)39)17-24-19-35(28-12-6-4-10-25(24)28)18-21-14-15-22-8-2-3-9-23(22)16-21/h2-17,19H,18,20H2,1H3,(H,33,37)(H,34,39)/b27-17+. The SMILES string of the molecule is COc1ccccc1NC(=O)CN1C(=O)N/C(=C/c2cn(Cc3ccc4ccccc4c3)c3ccccc23)C1=O. The van der Waals surface area contributed by atoms with Crippen molar-refractivity contribution in [2.45, 2.75) is 6.54 Å². The molecule has 0 bridgehead atoms. The first kappa shape index (κ1) is 24.9. The van der Waals surface area contributed by atoms with Gasteiger partial charge in [0.25, 0.3) is 5.91 Å². The summed E-state index contributed by atoms with van der Waals surface area (Å²) < 4.78 is 7.38. The number of nitrogens with one attached hydrogen (secondary N) is 2. The van der Waals surface area contributed by atoms with Crippen LogP contribution in [0.4, 0.5) is 10.5 Å². The molecule has 0 saturated carbocycles. The van der Waals surface area contributed by atoms with Gasteiger partial charge in [-0.2, -0.15) is 0 Å². The van der Waals surface area contributed by atoms with Crippen molar-refractivity contribution in [1.29, 1.82) is 0 Å². The predicted octanol–water partition coefficient (Wildman–Crippen LogP) is 5.38. The Bertz CT molecular complexity index is 1820. The molecule has 2 N–H and O–H groups in total. The predicted molar refractivity (Wildman–Crippen MR) is 155 cm³/mol. The third-order valence-electron chi connectivity index (χ3n) is 6.93. The Labute approximate surface area is 230 Å². The number of nitrogens with zero attached hydrogens (tertiary/aromatic N) is 2. The van der Waals surface area contributed by atoms with E-state index in [0.29, 0.717) is 18.0 Å². The van der Waals surface area contributed by atoms with Crippen LogP contribution in [0.5, 0.6) is 5.75 Å². The molecule has 0 spiro atoms. The Morgan fingerprint density at radius 1 is 0.925 bits per heavy atom. The molecule has 8 nitrogen and oxygen atoms in total. The number of benzene rings is 4. The van der Waals surface area contributed by atoms with E-state index < -0.39 is 24.4 Å². The second kappa shape index (κ2) is 10.4. The van der Waals surface area contributed by atoms with Gasteiger partial charge in [-0.15, -0.1) is 0 Å². The number of aromatic nitrogens is 1. The smallest absolute Gasteiger partial charge is 0.329 e. The van der Waals surface area contributed by atoms with Gasteiger partial charge >= 0.3 is 6.03 Å². The maximum absolute atomic E-state index is 13.2. The van der Waals surface area contributed by atoms with E-state index in [4.69, 9.17) is 4.74 Å². The number of urea groups is 1. The first-order valence-corrected chi connectivity index (χ1v) is 12.8. The average Bonchev–Trinajstić information content (AvgIpc) is 3.44. The summed E-state index contributed by atoms with van der Waals surface area (Å²) in [6.07, 6.45) is 3.64. The molecule has 0 atom stereocenters. The number of imide groups is 1. The number of methoxy groups -OCH3 is 1. The third kappa shape index (κ3) is 4.78. The number of carbonyl (C=O) groups excluding carboxylic acids is 3. The van der Waals surface area contributed by atoms with Gasteiger partial charge in [-0.1, -0.05) is 66.7 Å². The average molecular weight is 531 g/mol. The lowest BCUT2D eigenvalue weighted by Gasteiger charge is -2.13. The Morgan fingerprint density at radius 2 is 1.68 bits per heavy atom. The van der Waals surface area contributed by atoms with Crippen LogP contribution in [-0.2, 0) is 16.1 Å². The van der Waals surface area contributed by atoms with Gasteiger partial charge in [0.15, 0.2) is 0 Å². The maximum atomic E-state index is 13.2. The fraction of sp³-hybridized carbons (Fsp3) is 0.0938. The minimum Gasteiger partial charge on any atom is -0.495 e. The van der Waals surface area contributed by atoms with Gasteiger partial charge < -0.3 is 19.9 Å². The highest BCUT2D eigenvalue weighted by Gasteiger charge is 2.35. The van der Waals surface area contributed by atoms with Crippen molar-refractivity contribution >= 4 is 51.3 Å². The lowest BCUT2D eigenvalue weighted by atomic mass is 10.1. The highest BCUT2D eigenvalue weighted by Crippen LogP contribution is 2.27. The van der Waals surface area contributed by atoms with Crippen molar-refractivity contribution in [1.82, 2.24) is 14.8 Å². The van der Waals surface area contributed by atoms with Crippen LogP contribution in [0.15, 0.2) is 103 Å². The molecular formula is C32H26N4O4. The number of amides is 4. The van der Waals surface area contributed by atoms with Gasteiger partial charge in [-0.3, -0.25) is 9.59 Å². The largest absolute Gasteiger partial charge is 0.495 e. The summed E-state index contributed by atoms with van der Waals surface area (Å²) in [5, 5.41) is 8.63. The van der Waals surface area contributed by atoms with E-state index in [0.717, 1.165) is 26.9 Å². The van der Waals surface area contributed by atoms with E-state index in [1.165, 1.54) is 17.9 Å². The molecule has 198 valence electrons. The second-order valence-corrected chi connectivity index (χ2v) is 9.54. The molecule has 1 saturated heterocycles. The van der Waals surface area contributed by atoms with Crippen LogP contribution >= 0.6 is 0 Å². The van der Waals surface area contributed by atoms with Gasteiger partial charge in [-0.05, 0) is 46.7 Å². The number of carbonyl (C=O) groups is 3. The van der Waals surface area contributed by atoms with Crippen molar-refractivity contribution in [2.75, 3.05) is 19.0 Å². The number of para-hydroxylation sites is 3. The quantitative estimate of drug-likeness (QED) is 0.218. The summed E-state index contributed by atoms with van der Waals surface area (Å²) in [6, 6.07) is 28.9. The van der Waals surface area contributed by atoms with Crippen LogP contribution in [0, 0.1) is 0 Å². The molecule has 0 unspecified atom stereocenters. The van der Waals surface area contributed by atoms with Gasteiger partial charge in [0.2, 0.25) is 5.91 Å². The zero-order valence-corrected chi connectivity index (χ0v) is 21.8. The summed E-state index contributed by atoms with van der Waals surface area (Å²) >= 11 is 0. The zero-order chi connectivity index (χ0) is 27.6. The number of fused-ring (bicyclic) bond motifs is 2. The van der Waals surface area contributed by atoms with E-state index in [1.54, 1.807) is 30.3 Å². The van der Waals surface area contributed by atoms with E-state index in [2.05, 4.69) is 45.5 Å². The summed E-state index contributed by atoms with van der Waals surface area (Å²) in [7, 11) is 1.50. The fourth-order valence-electron chi connectivity index (χ4n) is 5.01. The molecule has 4 aromatic carbocycles.